The number of ether oxygens (including phenoxy) is 1. The third-order valence-corrected chi connectivity index (χ3v) is 2.74. The molecular formula is C13H23N3O. The van der Waals surface area contributed by atoms with Gasteiger partial charge >= 0.3 is 0 Å². The zero-order valence-electron chi connectivity index (χ0n) is 11.2. The maximum Gasteiger partial charge on any atom is 0.133 e. The summed E-state index contributed by atoms with van der Waals surface area (Å²) in [5.74, 6) is 0.967. The van der Waals surface area contributed by atoms with E-state index in [1.807, 2.05) is 25.3 Å². The van der Waals surface area contributed by atoms with E-state index in [0.717, 1.165) is 17.9 Å². The van der Waals surface area contributed by atoms with Crippen LogP contribution in [0.1, 0.15) is 32.4 Å². The van der Waals surface area contributed by atoms with E-state index in [1.54, 1.807) is 7.11 Å². The Morgan fingerprint density at radius 1 is 1.41 bits per heavy atom. The molecule has 17 heavy (non-hydrogen) atoms. The smallest absolute Gasteiger partial charge is 0.133 e. The number of aromatic nitrogens is 1. The molecule has 0 aliphatic heterocycles. The van der Waals surface area contributed by atoms with Crippen molar-refractivity contribution >= 4 is 5.82 Å². The Kier molecular flexibility index (Phi) is 5.38. The van der Waals surface area contributed by atoms with Crippen molar-refractivity contribution in [3.63, 3.8) is 0 Å². The average Bonchev–Trinajstić information content (AvgIpc) is 2.29. The highest BCUT2D eigenvalue weighted by Gasteiger charge is 2.17. The van der Waals surface area contributed by atoms with Crippen LogP contribution in [-0.2, 0) is 4.74 Å². The number of nitrogens with zero attached hydrogens (tertiary/aromatic N) is 2. The van der Waals surface area contributed by atoms with Crippen LogP contribution < -0.4 is 10.6 Å². The summed E-state index contributed by atoms with van der Waals surface area (Å²) in [7, 11) is 1.71. The van der Waals surface area contributed by atoms with Crippen molar-refractivity contribution < 1.29 is 4.74 Å². The number of anilines is 1. The van der Waals surface area contributed by atoms with Gasteiger partial charge in [0.25, 0.3) is 0 Å². The zero-order chi connectivity index (χ0) is 12.8. The van der Waals surface area contributed by atoms with Crippen LogP contribution in [0.5, 0.6) is 0 Å². The second kappa shape index (κ2) is 6.57. The molecule has 1 atom stereocenters. The number of nitrogens with two attached hydrogens (primary N) is 1. The van der Waals surface area contributed by atoms with Gasteiger partial charge in [0, 0.05) is 37.5 Å². The van der Waals surface area contributed by atoms with Gasteiger partial charge in [0.1, 0.15) is 5.82 Å². The summed E-state index contributed by atoms with van der Waals surface area (Å²) in [4.78, 5) is 6.69. The average molecular weight is 237 g/mol. The number of rotatable bonds is 6. The first-order valence-corrected chi connectivity index (χ1v) is 6.04. The quantitative estimate of drug-likeness (QED) is 0.821. The number of pyridine rings is 1. The highest BCUT2D eigenvalue weighted by molar-refractivity contribution is 5.48. The van der Waals surface area contributed by atoms with Crippen LogP contribution in [0.15, 0.2) is 18.3 Å². The fourth-order valence-electron chi connectivity index (χ4n) is 1.80. The molecule has 0 saturated carbocycles. The predicted octanol–water partition coefficient (Wildman–Crippen LogP) is 1.96. The van der Waals surface area contributed by atoms with Crippen molar-refractivity contribution in [3.8, 4) is 0 Å². The predicted molar refractivity (Wildman–Crippen MR) is 71.2 cm³/mol. The SMILES string of the molecule is COCCN(c1ncccc1[C@@H](C)N)C(C)C. The molecule has 0 spiro atoms. The Morgan fingerprint density at radius 3 is 2.65 bits per heavy atom. The van der Waals surface area contributed by atoms with Crippen molar-refractivity contribution in [1.82, 2.24) is 4.98 Å². The lowest BCUT2D eigenvalue weighted by Crippen LogP contribution is -2.35. The molecule has 0 unspecified atom stereocenters. The molecule has 0 bridgehead atoms. The summed E-state index contributed by atoms with van der Waals surface area (Å²) >= 11 is 0. The van der Waals surface area contributed by atoms with E-state index in [2.05, 4.69) is 23.7 Å². The molecule has 4 nitrogen and oxygen atoms in total. The van der Waals surface area contributed by atoms with Gasteiger partial charge < -0.3 is 15.4 Å². The van der Waals surface area contributed by atoms with Crippen LogP contribution in [0.25, 0.3) is 0 Å². The van der Waals surface area contributed by atoms with Gasteiger partial charge in [0.2, 0.25) is 0 Å². The van der Waals surface area contributed by atoms with Crippen molar-refractivity contribution in [1.29, 1.82) is 0 Å². The molecule has 0 saturated heterocycles. The molecule has 2 N–H and O–H groups in total. The molecule has 1 aromatic rings. The highest BCUT2D eigenvalue weighted by atomic mass is 16.5. The van der Waals surface area contributed by atoms with E-state index in [1.165, 1.54) is 0 Å². The Morgan fingerprint density at radius 2 is 2.12 bits per heavy atom. The fourth-order valence-corrected chi connectivity index (χ4v) is 1.80. The maximum atomic E-state index is 5.98. The molecule has 1 rings (SSSR count). The lowest BCUT2D eigenvalue weighted by Gasteiger charge is -2.30. The van der Waals surface area contributed by atoms with E-state index in [4.69, 9.17) is 10.5 Å². The number of hydrogen-bond donors (Lipinski definition) is 1. The highest BCUT2D eigenvalue weighted by Crippen LogP contribution is 2.23. The van der Waals surface area contributed by atoms with Crippen LogP contribution >= 0.6 is 0 Å². The minimum absolute atomic E-state index is 0.0116. The third-order valence-electron chi connectivity index (χ3n) is 2.74. The first kappa shape index (κ1) is 13.9. The molecule has 4 heteroatoms. The van der Waals surface area contributed by atoms with Gasteiger partial charge in [-0.15, -0.1) is 0 Å². The van der Waals surface area contributed by atoms with Gasteiger partial charge in [0.15, 0.2) is 0 Å². The van der Waals surface area contributed by atoms with E-state index in [9.17, 15) is 0 Å². The van der Waals surface area contributed by atoms with Crippen LogP contribution in [0.2, 0.25) is 0 Å². The molecule has 0 aliphatic rings. The van der Waals surface area contributed by atoms with Crippen LogP contribution in [0, 0.1) is 0 Å². The first-order valence-electron chi connectivity index (χ1n) is 6.04. The standard InChI is InChI=1S/C13H23N3O/c1-10(2)16(8-9-17-4)13-12(11(3)14)6-5-7-15-13/h5-7,10-11H,8-9,14H2,1-4H3/t11-/m1/s1. The van der Waals surface area contributed by atoms with E-state index in [0.29, 0.717) is 12.6 Å². The largest absolute Gasteiger partial charge is 0.383 e. The van der Waals surface area contributed by atoms with Gasteiger partial charge in [-0.3, -0.25) is 0 Å². The molecule has 0 aromatic carbocycles. The summed E-state index contributed by atoms with van der Waals surface area (Å²) in [5, 5.41) is 0. The molecular weight excluding hydrogens is 214 g/mol. The lowest BCUT2D eigenvalue weighted by molar-refractivity contribution is 0.203. The zero-order valence-corrected chi connectivity index (χ0v) is 11.2. The summed E-state index contributed by atoms with van der Waals surface area (Å²) in [6.07, 6.45) is 1.81. The van der Waals surface area contributed by atoms with E-state index < -0.39 is 0 Å². The van der Waals surface area contributed by atoms with Gasteiger partial charge in [-0.05, 0) is 26.8 Å². The maximum absolute atomic E-state index is 5.98. The van der Waals surface area contributed by atoms with Gasteiger partial charge in [-0.1, -0.05) is 6.07 Å². The minimum atomic E-state index is -0.0116. The molecule has 96 valence electrons. The Balaban J connectivity index is 3.00. The minimum Gasteiger partial charge on any atom is -0.383 e. The molecule has 1 aromatic heterocycles. The third kappa shape index (κ3) is 3.68. The molecule has 0 aliphatic carbocycles. The monoisotopic (exact) mass is 237 g/mol. The van der Waals surface area contributed by atoms with Gasteiger partial charge in [0.05, 0.1) is 6.61 Å². The van der Waals surface area contributed by atoms with E-state index in [-0.39, 0.29) is 6.04 Å². The summed E-state index contributed by atoms with van der Waals surface area (Å²) in [5.41, 5.74) is 7.06. The van der Waals surface area contributed by atoms with Crippen molar-refractivity contribution in [2.24, 2.45) is 5.73 Å². The second-order valence-corrected chi connectivity index (χ2v) is 4.48. The Bertz CT molecular complexity index is 339. The Labute approximate surface area is 104 Å². The summed E-state index contributed by atoms with van der Waals surface area (Å²) in [6.45, 7) is 7.79. The lowest BCUT2D eigenvalue weighted by atomic mass is 10.1. The topological polar surface area (TPSA) is 51.4 Å². The number of hydrogen-bond acceptors (Lipinski definition) is 4. The summed E-state index contributed by atoms with van der Waals surface area (Å²) in [6, 6.07) is 4.33. The van der Waals surface area contributed by atoms with Gasteiger partial charge in [-0.25, -0.2) is 4.98 Å². The van der Waals surface area contributed by atoms with Crippen LogP contribution in [-0.4, -0.2) is 31.3 Å². The normalized spacial score (nSPS) is 12.8. The number of methoxy groups -OCH3 is 1. The van der Waals surface area contributed by atoms with Crippen molar-refractivity contribution in [2.75, 3.05) is 25.2 Å². The van der Waals surface area contributed by atoms with Crippen molar-refractivity contribution in [3.05, 3.63) is 23.9 Å². The molecule has 0 amide bonds. The molecule has 0 radical (unpaired) electrons. The van der Waals surface area contributed by atoms with Crippen LogP contribution in [0.3, 0.4) is 0 Å². The van der Waals surface area contributed by atoms with E-state index >= 15 is 0 Å². The molecule has 0 fully saturated rings. The Hall–Kier alpha value is -1.13. The van der Waals surface area contributed by atoms with Crippen LogP contribution in [0.4, 0.5) is 5.82 Å². The second-order valence-electron chi connectivity index (χ2n) is 4.48. The molecule has 1 heterocycles. The van der Waals surface area contributed by atoms with Crippen molar-refractivity contribution in [2.45, 2.75) is 32.9 Å². The van der Waals surface area contributed by atoms with Gasteiger partial charge in [-0.2, -0.15) is 0 Å². The fraction of sp³-hybridized carbons (Fsp3) is 0.615. The first-order chi connectivity index (χ1) is 8.07. The summed E-state index contributed by atoms with van der Waals surface area (Å²) < 4.78 is 5.14.